The number of anilines is 1. The van der Waals surface area contributed by atoms with Gasteiger partial charge >= 0.3 is 0 Å². The molecule has 0 saturated carbocycles. The van der Waals surface area contributed by atoms with Gasteiger partial charge in [0.2, 0.25) is 5.91 Å². The van der Waals surface area contributed by atoms with Crippen LogP contribution in [0.3, 0.4) is 0 Å². The number of nitrogens with one attached hydrogen (secondary N) is 1. The molecule has 8 nitrogen and oxygen atoms in total. The lowest BCUT2D eigenvalue weighted by Gasteiger charge is -2.31. The highest BCUT2D eigenvalue weighted by atomic mass is 16.5. The summed E-state index contributed by atoms with van der Waals surface area (Å²) in [6.45, 7) is 5.92. The predicted molar refractivity (Wildman–Crippen MR) is 127 cm³/mol. The van der Waals surface area contributed by atoms with Crippen molar-refractivity contribution in [1.29, 1.82) is 0 Å². The molecule has 2 aliphatic rings. The zero-order chi connectivity index (χ0) is 23.7. The predicted octanol–water partition coefficient (Wildman–Crippen LogP) is 3.66. The summed E-state index contributed by atoms with van der Waals surface area (Å²) in [7, 11) is 0. The molecule has 1 N–H and O–H groups in total. The molecule has 8 heteroatoms. The summed E-state index contributed by atoms with van der Waals surface area (Å²) >= 11 is 0. The second-order valence-electron chi connectivity index (χ2n) is 9.20. The summed E-state index contributed by atoms with van der Waals surface area (Å²) in [5.41, 5.74) is 5.30. The number of aryl methyl sites for hydroxylation is 2. The summed E-state index contributed by atoms with van der Waals surface area (Å²) in [4.78, 5) is 27.6. The fourth-order valence-corrected chi connectivity index (χ4v) is 4.54. The minimum absolute atomic E-state index is 0.00698. The van der Waals surface area contributed by atoms with E-state index in [1.807, 2.05) is 31.2 Å². The Labute approximate surface area is 198 Å². The molecular formula is C26H29N5O3. The lowest BCUT2D eigenvalue weighted by atomic mass is 9.95. The Kier molecular flexibility index (Phi) is 6.15. The van der Waals surface area contributed by atoms with E-state index in [-0.39, 0.29) is 23.8 Å². The van der Waals surface area contributed by atoms with E-state index in [9.17, 15) is 9.59 Å². The molecule has 1 saturated heterocycles. The van der Waals surface area contributed by atoms with Crippen molar-refractivity contribution < 1.29 is 14.3 Å². The van der Waals surface area contributed by atoms with E-state index in [0.29, 0.717) is 50.5 Å². The van der Waals surface area contributed by atoms with Gasteiger partial charge in [-0.05, 0) is 44.4 Å². The van der Waals surface area contributed by atoms with Gasteiger partial charge in [0.25, 0.3) is 5.91 Å². The molecule has 3 heterocycles. The van der Waals surface area contributed by atoms with Crippen LogP contribution < -0.4 is 5.32 Å². The van der Waals surface area contributed by atoms with E-state index in [2.05, 4.69) is 46.8 Å². The van der Waals surface area contributed by atoms with Gasteiger partial charge in [-0.2, -0.15) is 0 Å². The van der Waals surface area contributed by atoms with Crippen LogP contribution in [0, 0.1) is 19.8 Å². The molecule has 5 rings (SSSR count). The number of hydrogen-bond donors (Lipinski definition) is 1. The van der Waals surface area contributed by atoms with Crippen molar-refractivity contribution in [3.05, 3.63) is 76.6 Å². The first-order valence-electron chi connectivity index (χ1n) is 11.8. The van der Waals surface area contributed by atoms with E-state index in [1.54, 1.807) is 9.58 Å². The van der Waals surface area contributed by atoms with Gasteiger partial charge < -0.3 is 15.0 Å². The smallest absolute Gasteiger partial charge is 0.276 e. The maximum Gasteiger partial charge on any atom is 0.276 e. The summed E-state index contributed by atoms with van der Waals surface area (Å²) in [5.74, 6) is -0.249. The highest BCUT2D eigenvalue weighted by molar-refractivity contribution is 5.94. The molecule has 1 aromatic heterocycles. The van der Waals surface area contributed by atoms with Crippen LogP contribution in [0.15, 0.2) is 48.5 Å². The van der Waals surface area contributed by atoms with Crippen LogP contribution in [-0.4, -0.2) is 44.8 Å². The Balaban J connectivity index is 1.18. The third kappa shape index (κ3) is 4.59. The average molecular weight is 460 g/mol. The number of carbonyl (C=O) groups is 2. The van der Waals surface area contributed by atoms with Crippen molar-refractivity contribution in [2.24, 2.45) is 5.92 Å². The van der Waals surface area contributed by atoms with Gasteiger partial charge in [-0.25, -0.2) is 4.68 Å². The average Bonchev–Trinajstić information content (AvgIpc) is 3.29. The van der Waals surface area contributed by atoms with Crippen LogP contribution >= 0.6 is 0 Å². The van der Waals surface area contributed by atoms with Crippen molar-refractivity contribution in [3.63, 3.8) is 0 Å². The highest BCUT2D eigenvalue weighted by Crippen LogP contribution is 2.28. The first kappa shape index (κ1) is 22.3. The van der Waals surface area contributed by atoms with Crippen LogP contribution in [-0.2, 0) is 22.7 Å². The van der Waals surface area contributed by atoms with E-state index < -0.39 is 0 Å². The van der Waals surface area contributed by atoms with E-state index in [0.717, 1.165) is 16.8 Å². The van der Waals surface area contributed by atoms with Gasteiger partial charge in [-0.15, -0.1) is 5.10 Å². The molecule has 0 spiro atoms. The number of ether oxygens (including phenoxy) is 1. The molecule has 0 aliphatic carbocycles. The second-order valence-corrected chi connectivity index (χ2v) is 9.20. The van der Waals surface area contributed by atoms with Gasteiger partial charge in [-0.1, -0.05) is 52.7 Å². The Hall–Kier alpha value is -3.52. The maximum atomic E-state index is 13.2. The fraction of sp³-hybridized carbons (Fsp3) is 0.385. The van der Waals surface area contributed by atoms with Gasteiger partial charge in [0.05, 0.1) is 18.8 Å². The molecule has 2 aliphatic heterocycles. The van der Waals surface area contributed by atoms with Crippen LogP contribution in [0.4, 0.5) is 5.69 Å². The largest absolute Gasteiger partial charge is 0.365 e. The monoisotopic (exact) mass is 459 g/mol. The normalized spacial score (nSPS) is 18.4. The van der Waals surface area contributed by atoms with Crippen molar-refractivity contribution in [3.8, 4) is 0 Å². The van der Waals surface area contributed by atoms with E-state index in [4.69, 9.17) is 4.74 Å². The van der Waals surface area contributed by atoms with Gasteiger partial charge in [0.1, 0.15) is 6.10 Å². The molecule has 2 aromatic carbocycles. The molecule has 1 unspecified atom stereocenters. The van der Waals surface area contributed by atoms with E-state index >= 15 is 0 Å². The van der Waals surface area contributed by atoms with Crippen LogP contribution in [0.2, 0.25) is 0 Å². The molecule has 2 amide bonds. The molecule has 1 fully saturated rings. The number of piperidine rings is 1. The quantitative estimate of drug-likeness (QED) is 0.643. The third-order valence-corrected chi connectivity index (χ3v) is 6.72. The maximum absolute atomic E-state index is 13.2. The molecule has 3 aromatic rings. The molecule has 0 radical (unpaired) electrons. The van der Waals surface area contributed by atoms with Gasteiger partial charge in [0.15, 0.2) is 5.69 Å². The number of benzene rings is 2. The number of aromatic nitrogens is 3. The zero-order valence-corrected chi connectivity index (χ0v) is 19.5. The topological polar surface area (TPSA) is 89.4 Å². The third-order valence-electron chi connectivity index (χ3n) is 6.72. The van der Waals surface area contributed by atoms with Crippen molar-refractivity contribution in [1.82, 2.24) is 19.9 Å². The van der Waals surface area contributed by atoms with Crippen molar-refractivity contribution in [2.75, 3.05) is 18.4 Å². The summed E-state index contributed by atoms with van der Waals surface area (Å²) in [6.07, 6.45) is 1.14. The Morgan fingerprint density at radius 2 is 1.62 bits per heavy atom. The lowest BCUT2D eigenvalue weighted by Crippen LogP contribution is -2.42. The molecule has 1 atom stereocenters. The second kappa shape index (κ2) is 9.38. The number of likely N-dealkylation sites (tertiary alicyclic amines) is 1. The highest BCUT2D eigenvalue weighted by Gasteiger charge is 2.33. The van der Waals surface area contributed by atoms with Crippen molar-refractivity contribution >= 4 is 17.5 Å². The molecule has 34 heavy (non-hydrogen) atoms. The number of amides is 2. The SMILES string of the molecule is Cc1ccc(NC(=O)C2CCN(C(=O)c3nnn4c3COC(c3ccc(C)cc3)C4)CC2)cc1. The number of nitrogens with zero attached hydrogens (tertiary/aromatic N) is 4. The Morgan fingerprint density at radius 3 is 2.29 bits per heavy atom. The fourth-order valence-electron chi connectivity index (χ4n) is 4.54. The van der Waals surface area contributed by atoms with Crippen LogP contribution in [0.5, 0.6) is 0 Å². The molecule has 0 bridgehead atoms. The zero-order valence-electron chi connectivity index (χ0n) is 19.5. The number of carbonyl (C=O) groups excluding carboxylic acids is 2. The molecular weight excluding hydrogens is 430 g/mol. The number of fused-ring (bicyclic) bond motifs is 1. The summed E-state index contributed by atoms with van der Waals surface area (Å²) < 4.78 is 7.84. The van der Waals surface area contributed by atoms with Crippen molar-refractivity contribution in [2.45, 2.75) is 45.9 Å². The standard InChI is InChI=1S/C26H29N5O3/c1-17-3-7-19(8-4-17)23-15-31-22(16-34-23)24(28-29-31)26(33)30-13-11-20(12-14-30)25(32)27-21-9-5-18(2)6-10-21/h3-10,20,23H,11-16H2,1-2H3,(H,27,32). The Morgan fingerprint density at radius 1 is 0.971 bits per heavy atom. The van der Waals surface area contributed by atoms with Crippen LogP contribution in [0.25, 0.3) is 0 Å². The Bertz CT molecular complexity index is 1180. The minimum Gasteiger partial charge on any atom is -0.365 e. The van der Waals surface area contributed by atoms with Gasteiger partial charge in [-0.3, -0.25) is 9.59 Å². The molecule has 176 valence electrons. The minimum atomic E-state index is -0.143. The summed E-state index contributed by atoms with van der Waals surface area (Å²) in [5, 5.41) is 11.4. The van der Waals surface area contributed by atoms with Crippen LogP contribution in [0.1, 0.15) is 51.8 Å². The number of rotatable bonds is 4. The van der Waals surface area contributed by atoms with E-state index in [1.165, 1.54) is 5.56 Å². The first-order valence-corrected chi connectivity index (χ1v) is 11.8. The lowest BCUT2D eigenvalue weighted by molar-refractivity contribution is -0.121. The van der Waals surface area contributed by atoms with Gasteiger partial charge in [0, 0.05) is 24.7 Å². The first-order chi connectivity index (χ1) is 16.5. The summed E-state index contributed by atoms with van der Waals surface area (Å²) in [6, 6.07) is 16.0. The number of hydrogen-bond acceptors (Lipinski definition) is 5.